The summed E-state index contributed by atoms with van der Waals surface area (Å²) in [7, 11) is 0. The van der Waals surface area contributed by atoms with Crippen molar-refractivity contribution >= 4 is 17.9 Å². The van der Waals surface area contributed by atoms with E-state index in [2.05, 4.69) is 81.5 Å². The third-order valence-corrected chi connectivity index (χ3v) is 10.2. The Bertz CT molecular complexity index is 1250. The molecule has 0 rings (SSSR count). The number of unbranched alkanes of at least 4 members (excludes halogenated alkanes) is 21. The first-order chi connectivity index (χ1) is 30.0. The summed E-state index contributed by atoms with van der Waals surface area (Å²) in [5, 5.41) is 0. The Labute approximate surface area is 375 Å². The number of esters is 3. The standard InChI is InChI=1S/C55H90O6/c1-4-7-10-13-16-19-22-25-27-30-33-36-39-42-45-48-54(57)60-51-52(50-59-53(56)47-44-41-38-35-32-29-24-21-18-15-12-9-6-3)61-55(58)49-46-43-40-37-34-31-28-26-23-20-17-14-11-8-5-2/h9,12,15-26,29,32,52H,4-8,10-11,13-14,27-28,30-31,33-51H2,1-3H3/b12-9-,18-15-,19-16-,20-17-,24-21-,25-22-,26-23-,32-29-. The zero-order chi connectivity index (χ0) is 44.4. The molecule has 6 heteroatoms. The van der Waals surface area contributed by atoms with E-state index >= 15 is 0 Å². The van der Waals surface area contributed by atoms with E-state index in [0.29, 0.717) is 19.3 Å². The number of hydrogen-bond donors (Lipinski definition) is 0. The van der Waals surface area contributed by atoms with Crippen LogP contribution in [-0.4, -0.2) is 37.2 Å². The quantitative estimate of drug-likeness (QED) is 0.0263. The molecule has 0 aliphatic heterocycles. The lowest BCUT2D eigenvalue weighted by Crippen LogP contribution is -2.30. The molecule has 61 heavy (non-hydrogen) atoms. The fraction of sp³-hybridized carbons (Fsp3) is 0.655. The van der Waals surface area contributed by atoms with Gasteiger partial charge < -0.3 is 14.2 Å². The average molecular weight is 847 g/mol. The Balaban J connectivity index is 4.50. The van der Waals surface area contributed by atoms with Gasteiger partial charge in [-0.3, -0.25) is 14.4 Å². The van der Waals surface area contributed by atoms with Crippen molar-refractivity contribution in [2.45, 2.75) is 219 Å². The smallest absolute Gasteiger partial charge is 0.306 e. The highest BCUT2D eigenvalue weighted by Crippen LogP contribution is 2.13. The van der Waals surface area contributed by atoms with E-state index in [4.69, 9.17) is 14.2 Å². The molecule has 0 saturated heterocycles. The maximum atomic E-state index is 12.8. The van der Waals surface area contributed by atoms with Gasteiger partial charge in [0.2, 0.25) is 0 Å². The minimum Gasteiger partial charge on any atom is -0.462 e. The number of carbonyl (C=O) groups is 3. The van der Waals surface area contributed by atoms with Gasteiger partial charge in [0, 0.05) is 19.3 Å². The summed E-state index contributed by atoms with van der Waals surface area (Å²) in [5.41, 5.74) is 0. The molecule has 6 nitrogen and oxygen atoms in total. The first-order valence-electron chi connectivity index (χ1n) is 24.8. The van der Waals surface area contributed by atoms with E-state index in [1.807, 2.05) is 36.5 Å². The molecule has 0 saturated carbocycles. The number of rotatable bonds is 43. The molecule has 0 spiro atoms. The Morgan fingerprint density at radius 2 is 0.639 bits per heavy atom. The SMILES string of the molecule is CC\C=C/C=C\C=C/C=C\CCCCCC(=O)OCC(COC(=O)CCCCCCCC/C=C\C=C/CCCCC)OC(=O)CCCCCCCC/C=C\C=C/CCCCC. The summed E-state index contributed by atoms with van der Waals surface area (Å²) in [6.07, 6.45) is 63.8. The minimum absolute atomic E-state index is 0.103. The fourth-order valence-corrected chi connectivity index (χ4v) is 6.43. The normalized spacial score (nSPS) is 12.9. The molecule has 0 aliphatic carbocycles. The fourth-order valence-electron chi connectivity index (χ4n) is 6.43. The summed E-state index contributed by atoms with van der Waals surface area (Å²) in [6.45, 7) is 6.37. The maximum absolute atomic E-state index is 12.8. The molecule has 0 N–H and O–H groups in total. The molecule has 1 atom stereocenters. The van der Waals surface area contributed by atoms with Gasteiger partial charge in [0.15, 0.2) is 6.10 Å². The molecule has 0 radical (unpaired) electrons. The summed E-state index contributed by atoms with van der Waals surface area (Å²) in [4.78, 5) is 37.9. The van der Waals surface area contributed by atoms with Crippen molar-refractivity contribution in [1.82, 2.24) is 0 Å². The highest BCUT2D eigenvalue weighted by molar-refractivity contribution is 5.71. The van der Waals surface area contributed by atoms with Crippen LogP contribution >= 0.6 is 0 Å². The summed E-state index contributed by atoms with van der Waals surface area (Å²) < 4.78 is 16.7. The highest BCUT2D eigenvalue weighted by Gasteiger charge is 2.19. The van der Waals surface area contributed by atoms with Gasteiger partial charge in [-0.15, -0.1) is 0 Å². The molecule has 0 bridgehead atoms. The Morgan fingerprint density at radius 1 is 0.344 bits per heavy atom. The molecule has 0 aliphatic rings. The monoisotopic (exact) mass is 847 g/mol. The van der Waals surface area contributed by atoms with Crippen LogP contribution in [0.3, 0.4) is 0 Å². The van der Waals surface area contributed by atoms with Crippen LogP contribution in [0.25, 0.3) is 0 Å². The van der Waals surface area contributed by atoms with Gasteiger partial charge in [-0.2, -0.15) is 0 Å². The molecule has 1 unspecified atom stereocenters. The summed E-state index contributed by atoms with van der Waals surface area (Å²) in [5.74, 6) is -0.971. The molecule has 0 heterocycles. The van der Waals surface area contributed by atoms with Crippen LogP contribution in [0.2, 0.25) is 0 Å². The van der Waals surface area contributed by atoms with Crippen LogP contribution in [0.15, 0.2) is 97.2 Å². The second-order valence-electron chi connectivity index (χ2n) is 16.1. The van der Waals surface area contributed by atoms with Crippen molar-refractivity contribution in [2.75, 3.05) is 13.2 Å². The predicted molar refractivity (Wildman–Crippen MR) is 260 cm³/mol. The zero-order valence-electron chi connectivity index (χ0n) is 39.4. The van der Waals surface area contributed by atoms with Crippen LogP contribution in [0.1, 0.15) is 213 Å². The first kappa shape index (κ1) is 57.3. The average Bonchev–Trinajstić information content (AvgIpc) is 3.26. The molecule has 0 aromatic rings. The molecular formula is C55H90O6. The molecular weight excluding hydrogens is 757 g/mol. The highest BCUT2D eigenvalue weighted by atomic mass is 16.6. The van der Waals surface area contributed by atoms with E-state index < -0.39 is 6.10 Å². The van der Waals surface area contributed by atoms with Crippen LogP contribution in [0, 0.1) is 0 Å². The van der Waals surface area contributed by atoms with Crippen molar-refractivity contribution < 1.29 is 28.6 Å². The van der Waals surface area contributed by atoms with E-state index in [-0.39, 0.29) is 31.1 Å². The van der Waals surface area contributed by atoms with Crippen molar-refractivity contribution in [2.24, 2.45) is 0 Å². The Kier molecular flexibility index (Phi) is 46.0. The van der Waals surface area contributed by atoms with E-state index in [1.54, 1.807) is 0 Å². The van der Waals surface area contributed by atoms with E-state index in [1.165, 1.54) is 83.5 Å². The second-order valence-corrected chi connectivity index (χ2v) is 16.1. The third kappa shape index (κ3) is 47.2. The van der Waals surface area contributed by atoms with Crippen molar-refractivity contribution in [3.05, 3.63) is 97.2 Å². The number of carbonyl (C=O) groups excluding carboxylic acids is 3. The number of allylic oxidation sites excluding steroid dienone is 16. The maximum Gasteiger partial charge on any atom is 0.306 e. The minimum atomic E-state index is -0.805. The van der Waals surface area contributed by atoms with Gasteiger partial charge in [0.25, 0.3) is 0 Å². The number of ether oxygens (including phenoxy) is 3. The summed E-state index contributed by atoms with van der Waals surface area (Å²) >= 11 is 0. The summed E-state index contributed by atoms with van der Waals surface area (Å²) in [6, 6.07) is 0. The topological polar surface area (TPSA) is 78.9 Å². The number of hydrogen-bond acceptors (Lipinski definition) is 6. The van der Waals surface area contributed by atoms with Crippen molar-refractivity contribution in [1.29, 1.82) is 0 Å². The first-order valence-corrected chi connectivity index (χ1v) is 24.8. The lowest BCUT2D eigenvalue weighted by Gasteiger charge is -2.18. The van der Waals surface area contributed by atoms with Gasteiger partial charge in [0.1, 0.15) is 13.2 Å². The Hall–Kier alpha value is -3.67. The van der Waals surface area contributed by atoms with Gasteiger partial charge in [0.05, 0.1) is 0 Å². The lowest BCUT2D eigenvalue weighted by molar-refractivity contribution is -0.167. The van der Waals surface area contributed by atoms with Crippen LogP contribution in [-0.2, 0) is 28.6 Å². The van der Waals surface area contributed by atoms with Crippen LogP contribution < -0.4 is 0 Å². The van der Waals surface area contributed by atoms with Crippen molar-refractivity contribution in [3.63, 3.8) is 0 Å². The van der Waals surface area contributed by atoms with Crippen LogP contribution in [0.4, 0.5) is 0 Å². The molecule has 0 amide bonds. The second kappa shape index (κ2) is 49.0. The molecule has 0 aromatic heterocycles. The third-order valence-electron chi connectivity index (χ3n) is 10.2. The predicted octanol–water partition coefficient (Wildman–Crippen LogP) is 16.2. The van der Waals surface area contributed by atoms with Gasteiger partial charge in [-0.25, -0.2) is 0 Å². The van der Waals surface area contributed by atoms with Crippen molar-refractivity contribution in [3.8, 4) is 0 Å². The van der Waals surface area contributed by atoms with E-state index in [0.717, 1.165) is 89.9 Å². The van der Waals surface area contributed by atoms with Gasteiger partial charge in [-0.1, -0.05) is 201 Å². The molecule has 0 fully saturated rings. The largest absolute Gasteiger partial charge is 0.462 e. The zero-order valence-corrected chi connectivity index (χ0v) is 39.4. The van der Waals surface area contributed by atoms with Gasteiger partial charge >= 0.3 is 17.9 Å². The van der Waals surface area contributed by atoms with E-state index in [9.17, 15) is 14.4 Å². The molecule has 346 valence electrons. The van der Waals surface area contributed by atoms with Crippen LogP contribution in [0.5, 0.6) is 0 Å². The lowest BCUT2D eigenvalue weighted by atomic mass is 10.1. The molecule has 0 aromatic carbocycles. The Morgan fingerprint density at radius 3 is 1.03 bits per heavy atom. The van der Waals surface area contributed by atoms with Gasteiger partial charge in [-0.05, 0) is 89.9 Å².